The van der Waals surface area contributed by atoms with Gasteiger partial charge in [0.15, 0.2) is 5.78 Å². The van der Waals surface area contributed by atoms with E-state index in [1.165, 1.54) is 12.4 Å². The van der Waals surface area contributed by atoms with Crippen LogP contribution in [0.15, 0.2) is 36.7 Å². The molecule has 1 aromatic carbocycles. The highest BCUT2D eigenvalue weighted by atomic mass is 19.1. The Bertz CT molecular complexity index is 1160. The number of methoxy groups -OCH3 is 1. The van der Waals surface area contributed by atoms with Crippen molar-refractivity contribution < 1.29 is 13.9 Å². The quantitative estimate of drug-likeness (QED) is 0.429. The van der Waals surface area contributed by atoms with E-state index >= 15 is 0 Å². The molecule has 1 aliphatic rings. The molecule has 8 heteroatoms. The SMILES string of the molecule is CCCc1cc(-c2ccc(F)c(C)c2)nn1CC(=O)CC1CCCN(c2cc(OC)ncn2)CC1. The monoisotopic (exact) mass is 479 g/mol. The van der Waals surface area contributed by atoms with E-state index in [0.717, 1.165) is 68.0 Å². The average Bonchev–Trinajstić information content (AvgIpc) is 3.09. The summed E-state index contributed by atoms with van der Waals surface area (Å²) in [6.45, 7) is 5.91. The van der Waals surface area contributed by atoms with Crippen LogP contribution in [0, 0.1) is 18.7 Å². The minimum Gasteiger partial charge on any atom is -0.481 e. The highest BCUT2D eigenvalue weighted by molar-refractivity contribution is 5.78. The van der Waals surface area contributed by atoms with Crippen molar-refractivity contribution in [1.82, 2.24) is 19.7 Å². The Morgan fingerprint density at radius 1 is 1.17 bits per heavy atom. The van der Waals surface area contributed by atoms with Gasteiger partial charge in [0.1, 0.15) is 18.0 Å². The molecule has 4 rings (SSSR count). The van der Waals surface area contributed by atoms with Crippen LogP contribution in [-0.2, 0) is 17.8 Å². The van der Waals surface area contributed by atoms with Crippen molar-refractivity contribution in [2.45, 2.75) is 58.9 Å². The van der Waals surface area contributed by atoms with Crippen molar-refractivity contribution in [3.05, 3.63) is 53.7 Å². The summed E-state index contributed by atoms with van der Waals surface area (Å²) in [7, 11) is 1.60. The molecule has 0 aliphatic carbocycles. The topological polar surface area (TPSA) is 73.1 Å². The van der Waals surface area contributed by atoms with Gasteiger partial charge in [-0.15, -0.1) is 0 Å². The number of carbonyl (C=O) groups excluding carboxylic acids is 1. The molecule has 0 bridgehead atoms. The van der Waals surface area contributed by atoms with Crippen LogP contribution in [-0.4, -0.2) is 45.7 Å². The van der Waals surface area contributed by atoms with Gasteiger partial charge in [-0.1, -0.05) is 13.3 Å². The van der Waals surface area contributed by atoms with Crippen molar-refractivity contribution in [3.63, 3.8) is 0 Å². The zero-order valence-electron chi connectivity index (χ0n) is 20.8. The van der Waals surface area contributed by atoms with Crippen molar-refractivity contribution in [3.8, 4) is 17.1 Å². The van der Waals surface area contributed by atoms with Crippen LogP contribution < -0.4 is 9.64 Å². The number of aryl methyl sites for hydroxylation is 2. The fraction of sp³-hybridized carbons (Fsp3) is 0.481. The Morgan fingerprint density at radius 3 is 2.80 bits per heavy atom. The van der Waals surface area contributed by atoms with Gasteiger partial charge in [-0.25, -0.2) is 14.4 Å². The van der Waals surface area contributed by atoms with Gasteiger partial charge < -0.3 is 9.64 Å². The number of ether oxygens (including phenoxy) is 1. The van der Waals surface area contributed by atoms with E-state index in [2.05, 4.69) is 21.8 Å². The number of aromatic nitrogens is 4. The molecule has 0 amide bonds. The van der Waals surface area contributed by atoms with E-state index in [9.17, 15) is 9.18 Å². The molecule has 2 aromatic heterocycles. The van der Waals surface area contributed by atoms with Gasteiger partial charge in [0.05, 0.1) is 19.3 Å². The molecule has 35 heavy (non-hydrogen) atoms. The smallest absolute Gasteiger partial charge is 0.218 e. The number of benzene rings is 1. The number of ketones is 1. The lowest BCUT2D eigenvalue weighted by Gasteiger charge is -2.21. The Morgan fingerprint density at radius 2 is 2.03 bits per heavy atom. The molecule has 1 saturated heterocycles. The number of hydrogen-bond acceptors (Lipinski definition) is 6. The first-order valence-corrected chi connectivity index (χ1v) is 12.4. The number of halogens is 1. The molecular formula is C27H34FN5O2. The molecule has 7 nitrogen and oxygen atoms in total. The van der Waals surface area contributed by atoms with Crippen LogP contribution in [0.25, 0.3) is 11.3 Å². The Kier molecular flexibility index (Phi) is 8.10. The van der Waals surface area contributed by atoms with Crippen LogP contribution in [0.5, 0.6) is 5.88 Å². The fourth-order valence-electron chi connectivity index (χ4n) is 4.76. The van der Waals surface area contributed by atoms with Crippen LogP contribution >= 0.6 is 0 Å². The number of anilines is 1. The highest BCUT2D eigenvalue weighted by Gasteiger charge is 2.22. The second-order valence-corrected chi connectivity index (χ2v) is 9.34. The summed E-state index contributed by atoms with van der Waals surface area (Å²) >= 11 is 0. The van der Waals surface area contributed by atoms with Gasteiger partial charge in [-0.05, 0) is 68.4 Å². The van der Waals surface area contributed by atoms with Crippen LogP contribution in [0.3, 0.4) is 0 Å². The van der Waals surface area contributed by atoms with Gasteiger partial charge in [-0.3, -0.25) is 9.48 Å². The fourth-order valence-corrected chi connectivity index (χ4v) is 4.76. The van der Waals surface area contributed by atoms with E-state index in [1.807, 2.05) is 22.9 Å². The van der Waals surface area contributed by atoms with Crippen molar-refractivity contribution in [2.75, 3.05) is 25.1 Å². The number of rotatable bonds is 9. The third kappa shape index (κ3) is 6.24. The van der Waals surface area contributed by atoms with E-state index < -0.39 is 0 Å². The van der Waals surface area contributed by atoms with Crippen LogP contribution in [0.2, 0.25) is 0 Å². The number of carbonyl (C=O) groups is 1. The zero-order valence-corrected chi connectivity index (χ0v) is 20.8. The molecule has 1 atom stereocenters. The normalized spacial score (nSPS) is 16.2. The standard InChI is InChI=1S/C27H34FN5O2/c1-4-6-22-15-25(21-8-9-24(28)19(2)13-21)31-33(22)17-23(34)14-20-7-5-11-32(12-10-20)26-16-27(35-3)30-18-29-26/h8-9,13,15-16,18,20H,4-7,10-12,14,17H2,1-3H3. The number of Topliss-reactive ketones (excluding diaryl/α,β-unsaturated/α-hetero) is 1. The summed E-state index contributed by atoms with van der Waals surface area (Å²) in [5.41, 5.74) is 3.29. The molecule has 3 heterocycles. The molecule has 1 aliphatic heterocycles. The molecule has 0 spiro atoms. The van der Waals surface area contributed by atoms with Crippen LogP contribution in [0.4, 0.5) is 10.2 Å². The maximum Gasteiger partial charge on any atom is 0.218 e. The van der Waals surface area contributed by atoms with Crippen molar-refractivity contribution in [2.24, 2.45) is 5.92 Å². The van der Waals surface area contributed by atoms with Crippen LogP contribution in [0.1, 0.15) is 50.3 Å². The number of nitrogens with zero attached hydrogens (tertiary/aromatic N) is 5. The third-order valence-electron chi connectivity index (χ3n) is 6.67. The average molecular weight is 480 g/mol. The third-order valence-corrected chi connectivity index (χ3v) is 6.67. The molecule has 0 N–H and O–H groups in total. The second-order valence-electron chi connectivity index (χ2n) is 9.34. The maximum atomic E-state index is 13.7. The summed E-state index contributed by atoms with van der Waals surface area (Å²) < 4.78 is 20.8. The van der Waals surface area contributed by atoms with Gasteiger partial charge >= 0.3 is 0 Å². The minimum atomic E-state index is -0.224. The Hall–Kier alpha value is -3.29. The highest BCUT2D eigenvalue weighted by Crippen LogP contribution is 2.26. The molecule has 0 radical (unpaired) electrons. The lowest BCUT2D eigenvalue weighted by Crippen LogP contribution is -2.25. The second kappa shape index (κ2) is 11.4. The van der Waals surface area contributed by atoms with Crippen molar-refractivity contribution >= 4 is 11.6 Å². The summed E-state index contributed by atoms with van der Waals surface area (Å²) in [6.07, 6.45) is 6.87. The first kappa shape index (κ1) is 24.8. The van der Waals surface area contributed by atoms with E-state index in [0.29, 0.717) is 23.8 Å². The van der Waals surface area contributed by atoms with E-state index in [-0.39, 0.29) is 18.1 Å². The Labute approximate surface area is 206 Å². The summed E-state index contributed by atoms with van der Waals surface area (Å²) in [5.74, 6) is 1.75. The van der Waals surface area contributed by atoms with Gasteiger partial charge in [0.25, 0.3) is 0 Å². The largest absolute Gasteiger partial charge is 0.481 e. The molecule has 3 aromatic rings. The summed E-state index contributed by atoms with van der Waals surface area (Å²) in [5, 5.41) is 4.73. The lowest BCUT2D eigenvalue weighted by molar-refractivity contribution is -0.120. The summed E-state index contributed by atoms with van der Waals surface area (Å²) in [4.78, 5) is 23.8. The predicted molar refractivity (Wildman–Crippen MR) is 134 cm³/mol. The zero-order chi connectivity index (χ0) is 24.8. The van der Waals surface area contributed by atoms with Gasteiger partial charge in [-0.2, -0.15) is 5.10 Å². The Balaban J connectivity index is 1.39. The van der Waals surface area contributed by atoms with Gasteiger partial charge in [0, 0.05) is 36.8 Å². The first-order valence-electron chi connectivity index (χ1n) is 12.4. The van der Waals surface area contributed by atoms with Gasteiger partial charge in [0.2, 0.25) is 5.88 Å². The lowest BCUT2D eigenvalue weighted by atomic mass is 9.95. The first-order chi connectivity index (χ1) is 17.0. The van der Waals surface area contributed by atoms with E-state index in [4.69, 9.17) is 9.84 Å². The van der Waals surface area contributed by atoms with Crippen molar-refractivity contribution in [1.29, 1.82) is 0 Å². The number of hydrogen-bond donors (Lipinski definition) is 0. The maximum absolute atomic E-state index is 13.7. The molecule has 0 saturated carbocycles. The molecule has 1 fully saturated rings. The minimum absolute atomic E-state index is 0.203. The predicted octanol–water partition coefficient (Wildman–Crippen LogP) is 5.01. The summed E-state index contributed by atoms with van der Waals surface area (Å²) in [6, 6.07) is 8.92. The molecule has 1 unspecified atom stereocenters. The molecule has 186 valence electrons. The molecular weight excluding hydrogens is 445 g/mol. The van der Waals surface area contributed by atoms with E-state index in [1.54, 1.807) is 20.1 Å².